The van der Waals surface area contributed by atoms with Crippen LogP contribution in [0.1, 0.15) is 27.2 Å². The van der Waals surface area contributed by atoms with E-state index in [2.05, 4.69) is 15.2 Å². The number of nitrogens with one attached hydrogen (secondary N) is 1. The van der Waals surface area contributed by atoms with Crippen LogP contribution in [0.3, 0.4) is 0 Å². The maximum Gasteiger partial charge on any atom is 0.242 e. The Kier molecular flexibility index (Phi) is 10.3. The third-order valence-corrected chi connectivity index (χ3v) is 8.90. The molecule has 0 saturated heterocycles. The van der Waals surface area contributed by atoms with Gasteiger partial charge in [0.2, 0.25) is 18.2 Å². The summed E-state index contributed by atoms with van der Waals surface area (Å²) < 4.78 is 6.03. The molecule has 0 saturated carbocycles. The zero-order valence-electron chi connectivity index (χ0n) is 22.3. The van der Waals surface area contributed by atoms with Crippen molar-refractivity contribution in [3.05, 3.63) is 18.2 Å². The third-order valence-electron chi connectivity index (χ3n) is 7.02. The second kappa shape index (κ2) is 12.9. The highest BCUT2D eigenvalue weighted by Crippen LogP contribution is 2.40. The molecule has 3 amide bonds. The maximum absolute atomic E-state index is 13.1. The second-order valence-electron chi connectivity index (χ2n) is 10.0. The van der Waals surface area contributed by atoms with Crippen molar-refractivity contribution in [1.29, 1.82) is 0 Å². The van der Waals surface area contributed by atoms with Gasteiger partial charge in [0.1, 0.15) is 11.2 Å². The standard InChI is InChI=1S/C26H36Cl3N5O4/c1-5-34-19-8-7-18(13-20(19)32(4)23(36)25(2,3)24(34)37)38-12-6-10-33(11-9-30-17-35)16-26(29)21(27)14-31-15-22(26)28/h7-8,13-14,17,21-22H,5-6,9-12,15-16H2,1-4H3,(H,30,35). The number of alkyl halides is 3. The molecule has 12 heteroatoms. The van der Waals surface area contributed by atoms with Crippen LogP contribution in [0.15, 0.2) is 23.2 Å². The number of fused-ring (bicyclic) bond motifs is 1. The molecule has 2 aliphatic rings. The van der Waals surface area contributed by atoms with Crippen molar-refractivity contribution in [2.75, 3.05) is 62.7 Å². The van der Waals surface area contributed by atoms with Gasteiger partial charge in [-0.2, -0.15) is 0 Å². The Balaban J connectivity index is 1.67. The first-order valence-corrected chi connectivity index (χ1v) is 14.0. The minimum atomic E-state index is -1.17. The fourth-order valence-corrected chi connectivity index (χ4v) is 5.67. The van der Waals surface area contributed by atoms with E-state index in [1.54, 1.807) is 38.1 Å². The highest BCUT2D eigenvalue weighted by Gasteiger charge is 2.46. The number of amides is 3. The Bertz CT molecular complexity index is 1060. The predicted octanol–water partition coefficient (Wildman–Crippen LogP) is 3.14. The molecule has 38 heavy (non-hydrogen) atoms. The number of hydrogen-bond acceptors (Lipinski definition) is 6. The molecule has 3 rings (SSSR count). The molecule has 1 aromatic rings. The molecule has 1 N–H and O–H groups in total. The number of nitrogens with zero attached hydrogens (tertiary/aromatic N) is 4. The number of carbonyl (C=O) groups excluding carboxylic acids is 3. The molecule has 0 fully saturated rings. The van der Waals surface area contributed by atoms with Crippen LogP contribution < -0.4 is 19.9 Å². The van der Waals surface area contributed by atoms with Crippen molar-refractivity contribution in [2.45, 2.75) is 42.8 Å². The van der Waals surface area contributed by atoms with Gasteiger partial charge in [0.05, 0.1) is 40.2 Å². The Morgan fingerprint density at radius 3 is 2.61 bits per heavy atom. The summed E-state index contributed by atoms with van der Waals surface area (Å²) in [4.78, 5) is 45.4. The number of aliphatic imine (C=N–C) groups is 1. The fraction of sp³-hybridized carbons (Fsp3) is 0.615. The lowest BCUT2D eigenvalue weighted by Gasteiger charge is -2.40. The number of anilines is 2. The zero-order chi connectivity index (χ0) is 28.1. The number of halogens is 3. The molecular formula is C26H36Cl3N5O4. The maximum atomic E-state index is 13.1. The first kappa shape index (κ1) is 30.5. The molecule has 3 unspecified atom stereocenters. The van der Waals surface area contributed by atoms with Crippen LogP contribution in [-0.4, -0.2) is 97.9 Å². The molecule has 1 aromatic carbocycles. The number of rotatable bonds is 12. The average molecular weight is 589 g/mol. The van der Waals surface area contributed by atoms with Crippen molar-refractivity contribution in [3.63, 3.8) is 0 Å². The summed E-state index contributed by atoms with van der Waals surface area (Å²) in [5.74, 6) is 0.0993. The van der Waals surface area contributed by atoms with Gasteiger partial charge < -0.3 is 19.9 Å². The van der Waals surface area contributed by atoms with E-state index in [9.17, 15) is 14.4 Å². The van der Waals surface area contributed by atoms with Gasteiger partial charge in [-0.1, -0.05) is 0 Å². The highest BCUT2D eigenvalue weighted by atomic mass is 35.5. The molecule has 0 bridgehead atoms. The van der Waals surface area contributed by atoms with E-state index in [1.165, 1.54) is 4.90 Å². The van der Waals surface area contributed by atoms with Crippen molar-refractivity contribution in [1.82, 2.24) is 10.2 Å². The number of hydrogen-bond donors (Lipinski definition) is 1. The number of carbonyl (C=O) groups is 3. The van der Waals surface area contributed by atoms with Gasteiger partial charge in [-0.05, 0) is 39.3 Å². The summed E-state index contributed by atoms with van der Waals surface area (Å²) in [7, 11) is 1.68. The van der Waals surface area contributed by atoms with Gasteiger partial charge in [-0.3, -0.25) is 24.3 Å². The van der Waals surface area contributed by atoms with Crippen LogP contribution >= 0.6 is 34.8 Å². The molecule has 9 nitrogen and oxygen atoms in total. The van der Waals surface area contributed by atoms with Crippen LogP contribution in [0.5, 0.6) is 5.75 Å². The molecule has 3 atom stereocenters. The molecule has 2 heterocycles. The monoisotopic (exact) mass is 587 g/mol. The largest absolute Gasteiger partial charge is 0.493 e. The van der Waals surface area contributed by atoms with E-state index in [4.69, 9.17) is 39.5 Å². The second-order valence-corrected chi connectivity index (χ2v) is 11.8. The van der Waals surface area contributed by atoms with Crippen molar-refractivity contribution >= 4 is 70.6 Å². The molecule has 210 valence electrons. The molecular weight excluding hydrogens is 553 g/mol. The van der Waals surface area contributed by atoms with Crippen LogP contribution in [-0.2, 0) is 14.4 Å². The Labute approximate surface area is 239 Å². The van der Waals surface area contributed by atoms with Crippen molar-refractivity contribution < 1.29 is 19.1 Å². The summed E-state index contributed by atoms with van der Waals surface area (Å²) >= 11 is 19.8. The van der Waals surface area contributed by atoms with Crippen molar-refractivity contribution in [3.8, 4) is 5.75 Å². The number of benzene rings is 1. The first-order valence-electron chi connectivity index (χ1n) is 12.7. The Morgan fingerprint density at radius 1 is 1.21 bits per heavy atom. The van der Waals surface area contributed by atoms with Gasteiger partial charge in [-0.25, -0.2) is 0 Å². The highest BCUT2D eigenvalue weighted by molar-refractivity contribution is 6.42. The van der Waals surface area contributed by atoms with Crippen LogP contribution in [0.2, 0.25) is 0 Å². The van der Waals surface area contributed by atoms with Crippen LogP contribution in [0, 0.1) is 5.41 Å². The summed E-state index contributed by atoms with van der Waals surface area (Å²) in [6.07, 6.45) is 2.96. The summed E-state index contributed by atoms with van der Waals surface area (Å²) in [5, 5.41) is 1.74. The van der Waals surface area contributed by atoms with Gasteiger partial charge >= 0.3 is 0 Å². The van der Waals surface area contributed by atoms with E-state index in [0.717, 1.165) is 0 Å². The first-order chi connectivity index (χ1) is 18.0. The minimum absolute atomic E-state index is 0.229. The normalized spacial score (nSPS) is 24.8. The summed E-state index contributed by atoms with van der Waals surface area (Å²) in [6, 6.07) is 5.42. The topological polar surface area (TPSA) is 94.5 Å². The van der Waals surface area contributed by atoms with Gasteiger partial charge in [0.15, 0.2) is 0 Å². The lowest BCUT2D eigenvalue weighted by Crippen LogP contribution is -2.55. The smallest absolute Gasteiger partial charge is 0.242 e. The summed E-state index contributed by atoms with van der Waals surface area (Å²) in [6.45, 7) is 8.53. The van der Waals surface area contributed by atoms with E-state index < -0.39 is 21.0 Å². The summed E-state index contributed by atoms with van der Waals surface area (Å²) in [5.41, 5.74) is 0.134. The Morgan fingerprint density at radius 2 is 1.95 bits per heavy atom. The average Bonchev–Trinajstić information content (AvgIpc) is 2.94. The van der Waals surface area contributed by atoms with Gasteiger partial charge in [-0.15, -0.1) is 34.8 Å². The van der Waals surface area contributed by atoms with E-state index in [-0.39, 0.29) is 11.8 Å². The predicted molar refractivity (Wildman–Crippen MR) is 154 cm³/mol. The SMILES string of the molecule is CCN1C(=O)C(C)(C)C(=O)N(C)c2cc(OCCCN(CCNC=O)CC3(Cl)C(Cl)C=NCC3Cl)ccc21. The minimum Gasteiger partial charge on any atom is -0.493 e. The van der Waals surface area contributed by atoms with E-state index in [1.807, 2.05) is 19.1 Å². The lowest BCUT2D eigenvalue weighted by atomic mass is 9.90. The van der Waals surface area contributed by atoms with Crippen molar-refractivity contribution in [2.24, 2.45) is 10.4 Å². The lowest BCUT2D eigenvalue weighted by molar-refractivity contribution is -0.137. The molecule has 0 radical (unpaired) electrons. The molecule has 2 aliphatic heterocycles. The molecule has 0 aromatic heterocycles. The van der Waals surface area contributed by atoms with Crippen LogP contribution in [0.4, 0.5) is 11.4 Å². The fourth-order valence-electron chi connectivity index (χ4n) is 4.72. The van der Waals surface area contributed by atoms with Gasteiger partial charge in [0.25, 0.3) is 0 Å². The third kappa shape index (κ3) is 6.38. The van der Waals surface area contributed by atoms with E-state index in [0.29, 0.717) is 75.8 Å². The van der Waals surface area contributed by atoms with Crippen LogP contribution in [0.25, 0.3) is 0 Å². The van der Waals surface area contributed by atoms with E-state index >= 15 is 0 Å². The molecule has 0 spiro atoms. The zero-order valence-corrected chi connectivity index (χ0v) is 24.5. The molecule has 0 aliphatic carbocycles. The Hall–Kier alpha value is -2.07. The van der Waals surface area contributed by atoms with Gasteiger partial charge in [0, 0.05) is 52.1 Å². The number of ether oxygens (including phenoxy) is 1. The quantitative estimate of drug-likeness (QED) is 0.175.